The van der Waals surface area contributed by atoms with E-state index in [2.05, 4.69) is 64.2 Å². The molecule has 0 heterocycles. The van der Waals surface area contributed by atoms with Crippen LogP contribution in [0.15, 0.2) is 35.5 Å². The van der Waals surface area contributed by atoms with E-state index >= 15 is 0 Å². The number of hydrogen-bond acceptors (Lipinski definition) is 0. The summed E-state index contributed by atoms with van der Waals surface area (Å²) >= 11 is 0. The molecule has 0 nitrogen and oxygen atoms in total. The van der Waals surface area contributed by atoms with Crippen LogP contribution in [0.25, 0.3) is 0 Å². The maximum absolute atomic E-state index is 3.40. The molecule has 0 saturated carbocycles. The van der Waals surface area contributed by atoms with Crippen LogP contribution in [0.5, 0.6) is 0 Å². The van der Waals surface area contributed by atoms with Crippen molar-refractivity contribution in [2.75, 3.05) is 0 Å². The second kappa shape index (κ2) is 19.2. The monoisotopic (exact) mass is 460 g/mol. The molecule has 0 bridgehead atoms. The fourth-order valence-electron chi connectivity index (χ4n) is 3.26. The van der Waals surface area contributed by atoms with Gasteiger partial charge in [0.1, 0.15) is 0 Å². The minimum Gasteiger partial charge on any atom is -0.269 e. The van der Waals surface area contributed by atoms with Gasteiger partial charge in [0.15, 0.2) is 0 Å². The van der Waals surface area contributed by atoms with Crippen LogP contribution in [0.1, 0.15) is 79.1 Å². The van der Waals surface area contributed by atoms with Crippen molar-refractivity contribution >= 4 is 24.8 Å². The molecule has 0 aromatic heterocycles. The second-order valence-electron chi connectivity index (χ2n) is 6.26. The Hall–Kier alpha value is 0.423. The van der Waals surface area contributed by atoms with E-state index in [0.717, 1.165) is 24.7 Å². The summed E-state index contributed by atoms with van der Waals surface area (Å²) in [6.07, 6.45) is 25.5. The predicted molar refractivity (Wildman–Crippen MR) is 113 cm³/mol. The molecule has 2 atom stereocenters. The minimum atomic E-state index is 0. The van der Waals surface area contributed by atoms with Gasteiger partial charge < -0.3 is 0 Å². The molecule has 0 aliphatic heterocycles. The van der Waals surface area contributed by atoms with Gasteiger partial charge in [0.25, 0.3) is 0 Å². The fourth-order valence-corrected chi connectivity index (χ4v) is 3.26. The van der Waals surface area contributed by atoms with Crippen LogP contribution in [0.2, 0.25) is 0 Å². The van der Waals surface area contributed by atoms with E-state index in [9.17, 15) is 0 Å². The first kappa shape index (κ1) is 30.2. The molecule has 0 aromatic carbocycles. The van der Waals surface area contributed by atoms with Crippen molar-refractivity contribution in [3.8, 4) is 0 Å². The average molecular weight is 463 g/mol. The Morgan fingerprint density at radius 3 is 1.32 bits per heavy atom. The van der Waals surface area contributed by atoms with Crippen LogP contribution in [0.3, 0.4) is 0 Å². The van der Waals surface area contributed by atoms with Crippen LogP contribution in [-0.2, 0) is 26.2 Å². The van der Waals surface area contributed by atoms with Crippen LogP contribution in [0.4, 0.5) is 0 Å². The maximum Gasteiger partial charge on any atom is 2.00 e. The van der Waals surface area contributed by atoms with Gasteiger partial charge in [-0.15, -0.1) is 37.7 Å². The van der Waals surface area contributed by atoms with Gasteiger partial charge >= 0.3 is 26.2 Å². The molecule has 3 heteroatoms. The summed E-state index contributed by atoms with van der Waals surface area (Å²) < 4.78 is 0. The number of rotatable bonds is 8. The van der Waals surface area contributed by atoms with Gasteiger partial charge in [0.05, 0.1) is 0 Å². The van der Waals surface area contributed by atoms with Crippen molar-refractivity contribution in [1.29, 1.82) is 0 Å². The molecule has 2 unspecified atom stereocenters. The summed E-state index contributed by atoms with van der Waals surface area (Å²) in [5.41, 5.74) is 2.91. The number of hydrogen-bond donors (Lipinski definition) is 0. The van der Waals surface area contributed by atoms with Crippen molar-refractivity contribution < 1.29 is 26.2 Å². The molecule has 0 aromatic rings. The summed E-state index contributed by atoms with van der Waals surface area (Å²) in [5.74, 6) is 1.55. The Morgan fingerprint density at radius 2 is 1.12 bits per heavy atom. The van der Waals surface area contributed by atoms with Crippen molar-refractivity contribution in [2.45, 2.75) is 79.1 Å². The molecule has 25 heavy (non-hydrogen) atoms. The molecule has 0 saturated heterocycles. The molecule has 2 aliphatic carbocycles. The molecule has 0 N–H and O–H groups in total. The van der Waals surface area contributed by atoms with E-state index in [-0.39, 0.29) is 51.0 Å². The molecule has 2 aliphatic rings. The normalized spacial score (nSPS) is 16.3. The fraction of sp³-hybridized carbons (Fsp3) is 0.636. The smallest absolute Gasteiger partial charge is 0.269 e. The number of halogens is 2. The maximum atomic E-state index is 3.40. The third kappa shape index (κ3) is 11.7. The molecule has 2 rings (SSSR count). The van der Waals surface area contributed by atoms with Crippen LogP contribution < -0.4 is 0 Å². The van der Waals surface area contributed by atoms with Crippen molar-refractivity contribution in [3.05, 3.63) is 47.6 Å². The quantitative estimate of drug-likeness (QED) is 0.322. The summed E-state index contributed by atoms with van der Waals surface area (Å²) in [6, 6.07) is 0. The summed E-state index contributed by atoms with van der Waals surface area (Å²) in [7, 11) is 0. The van der Waals surface area contributed by atoms with Gasteiger partial charge in [-0.25, -0.2) is 23.3 Å². The van der Waals surface area contributed by atoms with E-state index in [4.69, 9.17) is 0 Å². The van der Waals surface area contributed by atoms with E-state index in [1.165, 1.54) is 49.7 Å². The first-order valence-corrected chi connectivity index (χ1v) is 9.31. The zero-order chi connectivity index (χ0) is 16.2. The molecule has 0 amide bonds. The van der Waals surface area contributed by atoms with E-state index in [1.807, 2.05) is 0 Å². The molecule has 142 valence electrons. The van der Waals surface area contributed by atoms with Gasteiger partial charge in [-0.05, 0) is 12.8 Å². The minimum absolute atomic E-state index is 0. The third-order valence-corrected chi connectivity index (χ3v) is 4.58. The molecule has 0 radical (unpaired) electrons. The summed E-state index contributed by atoms with van der Waals surface area (Å²) in [6.45, 7) is 9.03. The average Bonchev–Trinajstić information content (AvgIpc) is 3.23. The van der Waals surface area contributed by atoms with Gasteiger partial charge in [-0.3, -0.25) is 12.2 Å². The summed E-state index contributed by atoms with van der Waals surface area (Å²) in [4.78, 5) is 0. The van der Waals surface area contributed by atoms with Crippen LogP contribution >= 0.6 is 24.8 Å². The second-order valence-corrected chi connectivity index (χ2v) is 6.26. The van der Waals surface area contributed by atoms with E-state index < -0.39 is 0 Å². The van der Waals surface area contributed by atoms with Gasteiger partial charge in [-0.1, -0.05) is 65.2 Å². The first-order chi connectivity index (χ1) is 10.8. The SMILES string of the molecule is CCCC(CC)C1=[C-]CC=C1.CCCC(CC)C1=[C-]CC=C1.Cl.Cl.[Zr+2]. The van der Waals surface area contributed by atoms with Gasteiger partial charge in [-0.2, -0.15) is 12.2 Å². The molecular formula is C22H36Cl2Zr. The zero-order valence-electron chi connectivity index (χ0n) is 16.4. The Bertz CT molecular complexity index is 382. The predicted octanol–water partition coefficient (Wildman–Crippen LogP) is 7.85. The molecular weight excluding hydrogens is 426 g/mol. The van der Waals surface area contributed by atoms with Crippen molar-refractivity contribution in [3.63, 3.8) is 0 Å². The summed E-state index contributed by atoms with van der Waals surface area (Å²) in [5, 5.41) is 0. The largest absolute Gasteiger partial charge is 2.00 e. The Morgan fingerprint density at radius 1 is 0.760 bits per heavy atom. The van der Waals surface area contributed by atoms with Crippen molar-refractivity contribution in [1.82, 2.24) is 0 Å². The topological polar surface area (TPSA) is 0 Å². The van der Waals surface area contributed by atoms with E-state index in [1.54, 1.807) is 0 Å². The van der Waals surface area contributed by atoms with Crippen LogP contribution in [-0.4, -0.2) is 0 Å². The molecule has 0 spiro atoms. The zero-order valence-corrected chi connectivity index (χ0v) is 20.5. The number of allylic oxidation sites excluding steroid dienone is 8. The van der Waals surface area contributed by atoms with E-state index in [0.29, 0.717) is 0 Å². The van der Waals surface area contributed by atoms with Gasteiger partial charge in [0.2, 0.25) is 0 Å². The Labute approximate surface area is 188 Å². The Balaban J connectivity index is -0.000000346. The Kier molecular flexibility index (Phi) is 23.2. The standard InChI is InChI=1S/2C11H17.2ClH.Zr/c2*1-3-7-10(4-2)11-8-5-6-9-11;;;/h2*5,8,10H,3-4,6-7H2,1-2H3;2*1H;/q2*-1;;;+2. The third-order valence-electron chi connectivity index (χ3n) is 4.58. The molecule has 0 fully saturated rings. The van der Waals surface area contributed by atoms with Crippen LogP contribution in [0, 0.1) is 24.0 Å². The first-order valence-electron chi connectivity index (χ1n) is 9.31. The van der Waals surface area contributed by atoms with Crippen molar-refractivity contribution in [2.24, 2.45) is 11.8 Å². The van der Waals surface area contributed by atoms with Gasteiger partial charge in [0, 0.05) is 0 Å².